The van der Waals surface area contributed by atoms with Crippen LogP contribution in [0, 0.1) is 0 Å². The van der Waals surface area contributed by atoms with Gasteiger partial charge in [0, 0.05) is 60.6 Å². The smallest absolute Gasteiger partial charge is 0.233 e. The van der Waals surface area contributed by atoms with E-state index in [0.29, 0.717) is 39.3 Å². The number of nitrogens with zero attached hydrogens (tertiary/aromatic N) is 2. The summed E-state index contributed by atoms with van der Waals surface area (Å²) in [6, 6.07) is 0. The van der Waals surface area contributed by atoms with Crippen LogP contribution in [0.25, 0.3) is 0 Å². The Bertz CT molecular complexity index is 413. The van der Waals surface area contributed by atoms with E-state index in [-0.39, 0.29) is 11.5 Å². The van der Waals surface area contributed by atoms with Crippen molar-refractivity contribution in [2.75, 3.05) is 50.8 Å². The molecule has 1 aliphatic rings. The number of piperazine rings is 1. The molecule has 0 N–H and O–H groups in total. The van der Waals surface area contributed by atoms with E-state index >= 15 is 0 Å². The third kappa shape index (κ3) is 7.75. The molecule has 108 valence electrons. The van der Waals surface area contributed by atoms with Crippen molar-refractivity contribution in [3.63, 3.8) is 0 Å². The Morgan fingerprint density at radius 3 is 1.22 bits per heavy atom. The van der Waals surface area contributed by atoms with Crippen molar-refractivity contribution in [3.05, 3.63) is 0 Å². The molecule has 0 aromatic heterocycles. The van der Waals surface area contributed by atoms with Crippen molar-refractivity contribution >= 4 is 39.5 Å². The van der Waals surface area contributed by atoms with Gasteiger partial charge in [-0.2, -0.15) is 0 Å². The van der Waals surface area contributed by atoms with Gasteiger partial charge in [-0.25, -0.2) is 16.8 Å². The third-order valence-electron chi connectivity index (χ3n) is 2.77. The summed E-state index contributed by atoms with van der Waals surface area (Å²) < 4.78 is 43.2. The molecule has 0 saturated carbocycles. The Kier molecular flexibility index (Phi) is 6.14. The van der Waals surface area contributed by atoms with Crippen molar-refractivity contribution in [3.8, 4) is 0 Å². The number of rotatable bonds is 6. The monoisotopic (exact) mass is 338 g/mol. The minimum Gasteiger partial charge on any atom is -0.300 e. The van der Waals surface area contributed by atoms with Crippen LogP contribution in [0.4, 0.5) is 0 Å². The zero-order chi connectivity index (χ0) is 13.8. The summed E-state index contributed by atoms with van der Waals surface area (Å²) in [4.78, 5) is 3.98. The lowest BCUT2D eigenvalue weighted by Gasteiger charge is -2.34. The molecule has 0 aromatic carbocycles. The van der Waals surface area contributed by atoms with E-state index in [0.717, 1.165) is 0 Å². The van der Waals surface area contributed by atoms with E-state index < -0.39 is 18.1 Å². The summed E-state index contributed by atoms with van der Waals surface area (Å²) in [5, 5.41) is 0. The summed E-state index contributed by atoms with van der Waals surface area (Å²) in [6.07, 6.45) is 0. The molecular formula is C8H16Cl2N2O4S2. The lowest BCUT2D eigenvalue weighted by atomic mass is 10.3. The molecule has 1 fully saturated rings. The molecule has 0 radical (unpaired) electrons. The van der Waals surface area contributed by atoms with Crippen LogP contribution in [0.2, 0.25) is 0 Å². The van der Waals surface area contributed by atoms with Crippen LogP contribution >= 0.6 is 21.4 Å². The van der Waals surface area contributed by atoms with Crippen molar-refractivity contribution < 1.29 is 16.8 Å². The topological polar surface area (TPSA) is 74.8 Å². The second-order valence-electron chi connectivity index (χ2n) is 4.17. The molecule has 0 aliphatic carbocycles. The fourth-order valence-electron chi connectivity index (χ4n) is 1.71. The largest absolute Gasteiger partial charge is 0.300 e. The average Bonchev–Trinajstić information content (AvgIpc) is 2.23. The van der Waals surface area contributed by atoms with Crippen LogP contribution in [-0.4, -0.2) is 77.4 Å². The molecule has 10 heteroatoms. The minimum atomic E-state index is -3.45. The van der Waals surface area contributed by atoms with E-state index in [2.05, 4.69) is 0 Å². The SMILES string of the molecule is O=S(=O)(Cl)CCN1CCN(CCS(=O)(=O)Cl)CC1. The van der Waals surface area contributed by atoms with Gasteiger partial charge in [0.15, 0.2) is 0 Å². The Morgan fingerprint density at radius 1 is 0.722 bits per heavy atom. The zero-order valence-electron chi connectivity index (χ0n) is 9.76. The first-order valence-corrected chi connectivity index (χ1v) is 10.4. The van der Waals surface area contributed by atoms with E-state index in [9.17, 15) is 16.8 Å². The van der Waals surface area contributed by atoms with E-state index in [1.165, 1.54) is 0 Å². The van der Waals surface area contributed by atoms with Crippen molar-refractivity contribution in [2.45, 2.75) is 0 Å². The van der Waals surface area contributed by atoms with Gasteiger partial charge in [-0.05, 0) is 0 Å². The molecule has 1 saturated heterocycles. The highest BCUT2D eigenvalue weighted by molar-refractivity contribution is 8.14. The predicted molar refractivity (Wildman–Crippen MR) is 72.2 cm³/mol. The molecule has 18 heavy (non-hydrogen) atoms. The average molecular weight is 339 g/mol. The van der Waals surface area contributed by atoms with Crippen molar-refractivity contribution in [1.82, 2.24) is 9.80 Å². The summed E-state index contributed by atoms with van der Waals surface area (Å²) in [5.74, 6) is -0.130. The Balaban J connectivity index is 2.25. The van der Waals surface area contributed by atoms with Gasteiger partial charge in [0.25, 0.3) is 0 Å². The Labute approximate surface area is 117 Å². The quantitative estimate of drug-likeness (QED) is 0.621. The maximum Gasteiger partial charge on any atom is 0.233 e. The van der Waals surface area contributed by atoms with Gasteiger partial charge in [0.1, 0.15) is 0 Å². The van der Waals surface area contributed by atoms with Crippen LogP contribution < -0.4 is 0 Å². The first-order valence-electron chi connectivity index (χ1n) is 5.45. The second kappa shape index (κ2) is 6.71. The molecule has 1 aliphatic heterocycles. The molecular weight excluding hydrogens is 323 g/mol. The molecule has 0 aromatic rings. The van der Waals surface area contributed by atoms with Crippen LogP contribution in [0.15, 0.2) is 0 Å². The maximum absolute atomic E-state index is 10.8. The molecule has 0 unspecified atom stereocenters. The van der Waals surface area contributed by atoms with Crippen LogP contribution in [0.5, 0.6) is 0 Å². The summed E-state index contributed by atoms with van der Waals surface area (Å²) in [6.45, 7) is 3.63. The Morgan fingerprint density at radius 2 is 1.00 bits per heavy atom. The normalized spacial score (nSPS) is 20.1. The van der Waals surface area contributed by atoms with Crippen LogP contribution in [0.3, 0.4) is 0 Å². The summed E-state index contributed by atoms with van der Waals surface area (Å²) >= 11 is 0. The number of hydrogen-bond donors (Lipinski definition) is 0. The van der Waals surface area contributed by atoms with E-state index in [1.807, 2.05) is 9.80 Å². The molecule has 1 rings (SSSR count). The molecule has 0 atom stereocenters. The van der Waals surface area contributed by atoms with Gasteiger partial charge in [0.2, 0.25) is 18.1 Å². The van der Waals surface area contributed by atoms with Gasteiger partial charge in [-0.15, -0.1) is 0 Å². The van der Waals surface area contributed by atoms with Gasteiger partial charge >= 0.3 is 0 Å². The highest BCUT2D eigenvalue weighted by Gasteiger charge is 2.19. The fraction of sp³-hybridized carbons (Fsp3) is 1.00. The third-order valence-corrected chi connectivity index (χ3v) is 5.03. The van der Waals surface area contributed by atoms with Gasteiger partial charge < -0.3 is 0 Å². The van der Waals surface area contributed by atoms with Crippen LogP contribution in [-0.2, 0) is 18.1 Å². The van der Waals surface area contributed by atoms with Gasteiger partial charge in [-0.1, -0.05) is 0 Å². The van der Waals surface area contributed by atoms with Gasteiger partial charge in [-0.3, -0.25) is 9.80 Å². The van der Waals surface area contributed by atoms with E-state index in [1.54, 1.807) is 0 Å². The first-order chi connectivity index (χ1) is 8.16. The minimum absolute atomic E-state index is 0.0649. The highest BCUT2D eigenvalue weighted by Crippen LogP contribution is 2.05. The first kappa shape index (κ1) is 16.5. The predicted octanol–water partition coefficient (Wildman–Crippen LogP) is -0.259. The summed E-state index contributed by atoms with van der Waals surface area (Å²) in [7, 11) is 3.38. The van der Waals surface area contributed by atoms with Crippen molar-refractivity contribution in [1.29, 1.82) is 0 Å². The highest BCUT2D eigenvalue weighted by atomic mass is 35.7. The lowest BCUT2D eigenvalue weighted by molar-refractivity contribution is 0.144. The van der Waals surface area contributed by atoms with E-state index in [4.69, 9.17) is 21.4 Å². The maximum atomic E-state index is 10.8. The summed E-state index contributed by atoms with van der Waals surface area (Å²) in [5.41, 5.74) is 0. The van der Waals surface area contributed by atoms with Crippen LogP contribution in [0.1, 0.15) is 0 Å². The Hall–Kier alpha value is 0.400. The standard InChI is InChI=1S/C8H16Cl2N2O4S2/c9-17(13,14)7-5-11-1-2-12(4-3-11)6-8-18(10,15)16/h1-8H2. The second-order valence-corrected chi connectivity index (χ2v) is 9.96. The number of halogens is 2. The lowest BCUT2D eigenvalue weighted by Crippen LogP contribution is -2.48. The van der Waals surface area contributed by atoms with Crippen molar-refractivity contribution in [2.24, 2.45) is 0 Å². The molecule has 1 heterocycles. The zero-order valence-corrected chi connectivity index (χ0v) is 12.9. The fourth-order valence-corrected chi connectivity index (χ4v) is 3.08. The molecule has 6 nitrogen and oxygen atoms in total. The molecule has 0 amide bonds. The molecule has 0 bridgehead atoms. The number of hydrogen-bond acceptors (Lipinski definition) is 6. The van der Waals surface area contributed by atoms with Gasteiger partial charge in [0.05, 0.1) is 11.5 Å². The molecule has 0 spiro atoms.